The molecule has 0 radical (unpaired) electrons. The summed E-state index contributed by atoms with van der Waals surface area (Å²) in [6.07, 6.45) is 1.58. The van der Waals surface area contributed by atoms with Gasteiger partial charge in [-0.3, -0.25) is 9.59 Å². The highest BCUT2D eigenvalue weighted by Crippen LogP contribution is 2.39. The van der Waals surface area contributed by atoms with Crippen molar-refractivity contribution in [1.29, 1.82) is 0 Å². The molecule has 0 heterocycles. The third kappa shape index (κ3) is 3.59. The maximum absolute atomic E-state index is 11.8. The van der Waals surface area contributed by atoms with Crippen molar-refractivity contribution in [2.75, 3.05) is 6.54 Å². The molecule has 21 heavy (non-hydrogen) atoms. The molecule has 1 fully saturated rings. The van der Waals surface area contributed by atoms with Crippen LogP contribution in [0.15, 0.2) is 30.3 Å². The number of aliphatic carboxylic acids is 1. The first kappa shape index (κ1) is 15.0. The summed E-state index contributed by atoms with van der Waals surface area (Å²) >= 11 is 0. The lowest BCUT2D eigenvalue weighted by Crippen LogP contribution is -2.56. The number of rotatable bonds is 6. The molecule has 0 aliphatic heterocycles. The van der Waals surface area contributed by atoms with Crippen molar-refractivity contribution in [3.8, 4) is 0 Å². The Balaban J connectivity index is 1.87. The lowest BCUT2D eigenvalue weighted by atomic mass is 9.96. The predicted octanol–water partition coefficient (Wildman–Crippen LogP) is 0.786. The van der Waals surface area contributed by atoms with Crippen LogP contribution in [0, 0.1) is 5.92 Å². The molecule has 1 aliphatic carbocycles. The van der Waals surface area contributed by atoms with E-state index in [9.17, 15) is 19.5 Å². The Kier molecular flexibility index (Phi) is 4.26. The van der Waals surface area contributed by atoms with Gasteiger partial charge in [0, 0.05) is 5.56 Å². The van der Waals surface area contributed by atoms with Gasteiger partial charge in [-0.2, -0.15) is 0 Å². The Hall–Kier alpha value is -2.37. The van der Waals surface area contributed by atoms with Gasteiger partial charge in [-0.05, 0) is 37.8 Å². The number of hydrogen-bond donors (Lipinski definition) is 3. The number of carbonyl (C=O) groups is 3. The van der Waals surface area contributed by atoms with Gasteiger partial charge in [-0.25, -0.2) is 4.79 Å². The highest BCUT2D eigenvalue weighted by atomic mass is 16.4. The minimum Gasteiger partial charge on any atom is -0.480 e. The maximum Gasteiger partial charge on any atom is 0.329 e. The van der Waals surface area contributed by atoms with Crippen LogP contribution >= 0.6 is 0 Å². The molecular formula is C15H18N2O4. The number of amides is 2. The average Bonchev–Trinajstić information content (AvgIpc) is 3.30. The summed E-state index contributed by atoms with van der Waals surface area (Å²) in [5, 5.41) is 14.2. The number of carboxylic acid groups (broad SMARTS) is 1. The molecule has 6 nitrogen and oxygen atoms in total. The number of benzene rings is 1. The Bertz CT molecular complexity index is 554. The van der Waals surface area contributed by atoms with E-state index in [4.69, 9.17) is 0 Å². The van der Waals surface area contributed by atoms with E-state index in [-0.39, 0.29) is 18.4 Å². The molecule has 1 aromatic rings. The predicted molar refractivity (Wildman–Crippen MR) is 75.7 cm³/mol. The molecule has 2 amide bonds. The normalized spacial score (nSPS) is 16.6. The first-order chi connectivity index (χ1) is 9.93. The number of hydrogen-bond acceptors (Lipinski definition) is 3. The van der Waals surface area contributed by atoms with Gasteiger partial charge in [-0.15, -0.1) is 0 Å². The fraction of sp³-hybridized carbons (Fsp3) is 0.400. The topological polar surface area (TPSA) is 95.5 Å². The van der Waals surface area contributed by atoms with E-state index >= 15 is 0 Å². The largest absolute Gasteiger partial charge is 0.480 e. The quantitative estimate of drug-likeness (QED) is 0.721. The fourth-order valence-corrected chi connectivity index (χ4v) is 2.18. The Labute approximate surface area is 122 Å². The summed E-state index contributed by atoms with van der Waals surface area (Å²) in [5.74, 6) is -1.96. The molecule has 6 heteroatoms. The Morgan fingerprint density at radius 1 is 1.24 bits per heavy atom. The zero-order valence-corrected chi connectivity index (χ0v) is 11.8. The van der Waals surface area contributed by atoms with Crippen molar-refractivity contribution < 1.29 is 19.5 Å². The molecule has 2 rings (SSSR count). The highest BCUT2D eigenvalue weighted by Gasteiger charge is 2.48. The molecule has 0 saturated heterocycles. The summed E-state index contributed by atoms with van der Waals surface area (Å²) in [7, 11) is 0. The molecular weight excluding hydrogens is 272 g/mol. The third-order valence-corrected chi connectivity index (χ3v) is 3.68. The maximum atomic E-state index is 11.8. The van der Waals surface area contributed by atoms with Gasteiger partial charge < -0.3 is 15.7 Å². The molecule has 1 atom stereocenters. The van der Waals surface area contributed by atoms with Crippen LogP contribution in [0.3, 0.4) is 0 Å². The van der Waals surface area contributed by atoms with Crippen LogP contribution < -0.4 is 10.6 Å². The number of carbonyl (C=O) groups excluding carboxylic acids is 2. The van der Waals surface area contributed by atoms with Crippen LogP contribution in [0.5, 0.6) is 0 Å². The number of nitrogens with one attached hydrogen (secondary N) is 2. The van der Waals surface area contributed by atoms with Gasteiger partial charge in [0.05, 0.1) is 6.54 Å². The molecule has 0 aromatic heterocycles. The number of carboxylic acids is 1. The molecule has 0 bridgehead atoms. The van der Waals surface area contributed by atoms with Crippen LogP contribution in [0.4, 0.5) is 0 Å². The van der Waals surface area contributed by atoms with Gasteiger partial charge in [-0.1, -0.05) is 18.2 Å². The van der Waals surface area contributed by atoms with Gasteiger partial charge >= 0.3 is 5.97 Å². The van der Waals surface area contributed by atoms with E-state index in [1.165, 1.54) is 6.92 Å². The zero-order chi connectivity index (χ0) is 15.5. The van der Waals surface area contributed by atoms with Gasteiger partial charge in [0.1, 0.15) is 5.54 Å². The third-order valence-electron chi connectivity index (χ3n) is 3.68. The van der Waals surface area contributed by atoms with Crippen LogP contribution in [0.2, 0.25) is 0 Å². The lowest BCUT2D eigenvalue weighted by molar-refractivity contribution is -0.147. The molecule has 1 aliphatic rings. The summed E-state index contributed by atoms with van der Waals surface area (Å²) in [5.41, 5.74) is -0.803. The highest BCUT2D eigenvalue weighted by molar-refractivity contribution is 5.97. The summed E-state index contributed by atoms with van der Waals surface area (Å²) < 4.78 is 0. The zero-order valence-electron chi connectivity index (χ0n) is 11.8. The molecule has 112 valence electrons. The SMILES string of the molecule is CC(NC(=O)CNC(=O)c1ccccc1)(C(=O)O)C1CC1. The van der Waals surface area contributed by atoms with Crippen molar-refractivity contribution >= 4 is 17.8 Å². The van der Waals surface area contributed by atoms with Crippen molar-refractivity contribution in [3.63, 3.8) is 0 Å². The second kappa shape index (κ2) is 5.95. The summed E-state index contributed by atoms with van der Waals surface area (Å²) in [4.78, 5) is 34.9. The van der Waals surface area contributed by atoms with E-state index in [2.05, 4.69) is 10.6 Å². The summed E-state index contributed by atoms with van der Waals surface area (Å²) in [6.45, 7) is 1.26. The Morgan fingerprint density at radius 2 is 1.86 bits per heavy atom. The first-order valence-corrected chi connectivity index (χ1v) is 6.81. The van der Waals surface area contributed by atoms with Crippen LogP contribution in [0.25, 0.3) is 0 Å². The monoisotopic (exact) mass is 290 g/mol. The van der Waals surface area contributed by atoms with E-state index in [1.807, 2.05) is 0 Å². The smallest absolute Gasteiger partial charge is 0.329 e. The lowest BCUT2D eigenvalue weighted by Gasteiger charge is -2.26. The molecule has 1 saturated carbocycles. The van der Waals surface area contributed by atoms with E-state index in [1.54, 1.807) is 30.3 Å². The molecule has 3 N–H and O–H groups in total. The van der Waals surface area contributed by atoms with Crippen molar-refractivity contribution in [2.24, 2.45) is 5.92 Å². The second-order valence-electron chi connectivity index (χ2n) is 5.38. The van der Waals surface area contributed by atoms with Crippen LogP contribution in [-0.4, -0.2) is 35.0 Å². The van der Waals surface area contributed by atoms with Crippen molar-refractivity contribution in [1.82, 2.24) is 10.6 Å². The Morgan fingerprint density at radius 3 is 2.38 bits per heavy atom. The van der Waals surface area contributed by atoms with E-state index < -0.39 is 17.4 Å². The first-order valence-electron chi connectivity index (χ1n) is 6.81. The van der Waals surface area contributed by atoms with Gasteiger partial charge in [0.25, 0.3) is 5.91 Å². The average molecular weight is 290 g/mol. The molecule has 0 spiro atoms. The molecule has 1 unspecified atom stereocenters. The van der Waals surface area contributed by atoms with Gasteiger partial charge in [0.15, 0.2) is 0 Å². The van der Waals surface area contributed by atoms with E-state index in [0.29, 0.717) is 5.56 Å². The fourth-order valence-electron chi connectivity index (χ4n) is 2.18. The van der Waals surface area contributed by atoms with Crippen molar-refractivity contribution in [2.45, 2.75) is 25.3 Å². The standard InChI is InChI=1S/C15H18N2O4/c1-15(14(20)21,11-7-8-11)17-12(18)9-16-13(19)10-5-3-2-4-6-10/h2-6,11H,7-9H2,1H3,(H,16,19)(H,17,18)(H,20,21). The minimum atomic E-state index is -1.26. The molecule has 1 aromatic carbocycles. The summed E-state index contributed by atoms with van der Waals surface area (Å²) in [6, 6.07) is 8.52. The van der Waals surface area contributed by atoms with Crippen molar-refractivity contribution in [3.05, 3.63) is 35.9 Å². The van der Waals surface area contributed by atoms with Crippen LogP contribution in [0.1, 0.15) is 30.1 Å². The van der Waals surface area contributed by atoms with Gasteiger partial charge in [0.2, 0.25) is 5.91 Å². The van der Waals surface area contributed by atoms with Crippen LogP contribution in [-0.2, 0) is 9.59 Å². The minimum absolute atomic E-state index is 0.0382. The second-order valence-corrected chi connectivity index (χ2v) is 5.38. The van der Waals surface area contributed by atoms with E-state index in [0.717, 1.165) is 12.8 Å².